The normalized spacial score (nSPS) is 14.7. The minimum absolute atomic E-state index is 0.157. The Hall–Kier alpha value is -4.00. The SMILES string of the molecule is CCC(C)C(NC(=O)C(CCC(N)=O)NC(=O)C(N)Cc1ccccc1)C(=O)NC(CCC(=O)O)C(=O)O. The number of carbonyl (C=O) groups is 6. The molecule has 1 aromatic rings. The number of amides is 4. The maximum atomic E-state index is 13.1. The molecule has 0 aromatic heterocycles. The lowest BCUT2D eigenvalue weighted by atomic mass is 9.96. The molecule has 0 spiro atoms. The molecule has 0 bridgehead atoms. The van der Waals surface area contributed by atoms with E-state index in [-0.39, 0.29) is 25.7 Å². The van der Waals surface area contributed by atoms with E-state index >= 15 is 0 Å². The monoisotopic (exact) mass is 535 g/mol. The fourth-order valence-corrected chi connectivity index (χ4v) is 3.54. The maximum absolute atomic E-state index is 13.1. The standard InChI is InChI=1S/C25H37N5O8/c1-3-14(2)21(24(36)29-18(25(37)38)10-12-20(32)33)30-23(35)17(9-11-19(27)31)28-22(34)16(26)13-15-7-5-4-6-8-15/h4-8,14,16-18,21H,3,9-13,26H2,1-2H3,(H2,27,31)(H,28,34)(H,29,36)(H,30,35)(H,32,33)(H,37,38). The largest absolute Gasteiger partial charge is 0.481 e. The first-order valence-electron chi connectivity index (χ1n) is 12.3. The Balaban J connectivity index is 3.01. The van der Waals surface area contributed by atoms with Crippen LogP contribution in [0.3, 0.4) is 0 Å². The molecule has 0 aliphatic heterocycles. The minimum atomic E-state index is -1.48. The fraction of sp³-hybridized carbons (Fsp3) is 0.520. The second-order valence-corrected chi connectivity index (χ2v) is 9.07. The van der Waals surface area contributed by atoms with Gasteiger partial charge in [0.25, 0.3) is 0 Å². The zero-order chi connectivity index (χ0) is 28.8. The average molecular weight is 536 g/mol. The number of carboxylic acid groups (broad SMARTS) is 2. The van der Waals surface area contributed by atoms with Crippen LogP contribution in [0.5, 0.6) is 0 Å². The zero-order valence-corrected chi connectivity index (χ0v) is 21.5. The number of hydrogen-bond acceptors (Lipinski definition) is 7. The molecule has 38 heavy (non-hydrogen) atoms. The van der Waals surface area contributed by atoms with Crippen LogP contribution in [0, 0.1) is 5.92 Å². The molecule has 210 valence electrons. The number of rotatable bonds is 17. The van der Waals surface area contributed by atoms with Crippen LogP contribution in [-0.4, -0.2) is 69.9 Å². The topological polar surface area (TPSA) is 231 Å². The molecule has 1 aromatic carbocycles. The number of carbonyl (C=O) groups excluding carboxylic acids is 4. The molecule has 0 saturated heterocycles. The molecule has 0 heterocycles. The first-order chi connectivity index (χ1) is 17.8. The van der Waals surface area contributed by atoms with Crippen molar-refractivity contribution in [1.82, 2.24) is 16.0 Å². The minimum Gasteiger partial charge on any atom is -0.481 e. The molecule has 13 nitrogen and oxygen atoms in total. The van der Waals surface area contributed by atoms with Crippen molar-refractivity contribution in [3.8, 4) is 0 Å². The summed E-state index contributed by atoms with van der Waals surface area (Å²) in [7, 11) is 0. The van der Waals surface area contributed by atoms with Crippen LogP contribution in [0.15, 0.2) is 30.3 Å². The second-order valence-electron chi connectivity index (χ2n) is 9.07. The van der Waals surface area contributed by atoms with Gasteiger partial charge in [-0.15, -0.1) is 0 Å². The molecule has 0 saturated carbocycles. The number of aliphatic carboxylic acids is 2. The van der Waals surface area contributed by atoms with E-state index in [9.17, 15) is 33.9 Å². The van der Waals surface area contributed by atoms with Gasteiger partial charge in [0, 0.05) is 12.8 Å². The molecule has 13 heteroatoms. The van der Waals surface area contributed by atoms with Gasteiger partial charge >= 0.3 is 11.9 Å². The number of carboxylic acids is 2. The Labute approximate surface area is 220 Å². The third kappa shape index (κ3) is 11.4. The van der Waals surface area contributed by atoms with Crippen LogP contribution in [0.2, 0.25) is 0 Å². The van der Waals surface area contributed by atoms with Crippen LogP contribution in [0.25, 0.3) is 0 Å². The van der Waals surface area contributed by atoms with Crippen LogP contribution >= 0.6 is 0 Å². The summed E-state index contributed by atoms with van der Waals surface area (Å²) in [4.78, 5) is 72.5. The molecule has 0 aliphatic carbocycles. The lowest BCUT2D eigenvalue weighted by Gasteiger charge is -2.28. The Kier molecular flexibility index (Phi) is 13.5. The third-order valence-corrected chi connectivity index (χ3v) is 6.00. The maximum Gasteiger partial charge on any atom is 0.326 e. The van der Waals surface area contributed by atoms with Crippen molar-refractivity contribution < 1.29 is 39.0 Å². The van der Waals surface area contributed by atoms with E-state index in [4.69, 9.17) is 16.6 Å². The Morgan fingerprint density at radius 3 is 1.95 bits per heavy atom. The third-order valence-electron chi connectivity index (χ3n) is 6.00. The van der Waals surface area contributed by atoms with E-state index in [0.717, 1.165) is 5.56 Å². The predicted molar refractivity (Wildman–Crippen MR) is 136 cm³/mol. The van der Waals surface area contributed by atoms with E-state index < -0.39 is 72.1 Å². The number of nitrogens with one attached hydrogen (secondary N) is 3. The van der Waals surface area contributed by atoms with Crippen molar-refractivity contribution in [3.05, 3.63) is 35.9 Å². The molecule has 0 fully saturated rings. The predicted octanol–water partition coefficient (Wildman–Crippen LogP) is -0.728. The van der Waals surface area contributed by atoms with Gasteiger partial charge in [-0.1, -0.05) is 50.6 Å². The summed E-state index contributed by atoms with van der Waals surface area (Å²) in [6, 6.07) is 4.04. The molecular weight excluding hydrogens is 498 g/mol. The lowest BCUT2D eigenvalue weighted by molar-refractivity contribution is -0.143. The van der Waals surface area contributed by atoms with Crippen LogP contribution in [0.4, 0.5) is 0 Å². The fourth-order valence-electron chi connectivity index (χ4n) is 3.54. The highest BCUT2D eigenvalue weighted by Crippen LogP contribution is 2.11. The summed E-state index contributed by atoms with van der Waals surface area (Å²) in [5.74, 6) is -6.08. The molecule has 0 aliphatic rings. The molecular formula is C25H37N5O8. The van der Waals surface area contributed by atoms with Crippen LogP contribution in [0.1, 0.15) is 51.5 Å². The Morgan fingerprint density at radius 1 is 0.842 bits per heavy atom. The Bertz CT molecular complexity index is 987. The molecule has 0 radical (unpaired) electrons. The first kappa shape index (κ1) is 32.0. The first-order valence-corrected chi connectivity index (χ1v) is 12.3. The highest BCUT2D eigenvalue weighted by atomic mass is 16.4. The summed E-state index contributed by atoms with van der Waals surface area (Å²) in [5, 5.41) is 25.5. The number of primary amides is 1. The number of benzene rings is 1. The van der Waals surface area contributed by atoms with Crippen molar-refractivity contribution in [2.75, 3.05) is 0 Å². The molecule has 1 rings (SSSR count). The Morgan fingerprint density at radius 2 is 1.42 bits per heavy atom. The summed E-state index contributed by atoms with van der Waals surface area (Å²) >= 11 is 0. The van der Waals surface area contributed by atoms with Crippen molar-refractivity contribution >= 4 is 35.6 Å². The van der Waals surface area contributed by atoms with E-state index in [1.807, 2.05) is 6.07 Å². The molecule has 9 N–H and O–H groups in total. The van der Waals surface area contributed by atoms with Gasteiger partial charge in [0.15, 0.2) is 0 Å². The smallest absolute Gasteiger partial charge is 0.326 e. The number of hydrogen-bond donors (Lipinski definition) is 7. The van der Waals surface area contributed by atoms with Gasteiger partial charge in [0.2, 0.25) is 23.6 Å². The summed E-state index contributed by atoms with van der Waals surface area (Å²) < 4.78 is 0. The van der Waals surface area contributed by atoms with Crippen molar-refractivity contribution in [2.24, 2.45) is 17.4 Å². The van der Waals surface area contributed by atoms with Gasteiger partial charge in [-0.05, 0) is 30.7 Å². The average Bonchev–Trinajstić information content (AvgIpc) is 2.86. The number of nitrogens with two attached hydrogens (primary N) is 2. The molecule has 5 unspecified atom stereocenters. The van der Waals surface area contributed by atoms with Crippen molar-refractivity contribution in [2.45, 2.75) is 76.5 Å². The van der Waals surface area contributed by atoms with Gasteiger partial charge < -0.3 is 37.6 Å². The van der Waals surface area contributed by atoms with Gasteiger partial charge in [-0.3, -0.25) is 24.0 Å². The summed E-state index contributed by atoms with van der Waals surface area (Å²) in [5.41, 5.74) is 12.0. The van der Waals surface area contributed by atoms with Crippen LogP contribution in [-0.2, 0) is 35.2 Å². The van der Waals surface area contributed by atoms with Gasteiger partial charge in [0.05, 0.1) is 6.04 Å². The molecule has 4 amide bonds. The summed E-state index contributed by atoms with van der Waals surface area (Å²) in [6.07, 6.45) is -0.609. The second kappa shape index (κ2) is 16.0. The van der Waals surface area contributed by atoms with Crippen LogP contribution < -0.4 is 27.4 Å². The van der Waals surface area contributed by atoms with Gasteiger partial charge in [-0.2, -0.15) is 0 Å². The lowest BCUT2D eigenvalue weighted by Crippen LogP contribution is -2.58. The highest BCUT2D eigenvalue weighted by molar-refractivity contribution is 5.94. The summed E-state index contributed by atoms with van der Waals surface area (Å²) in [6.45, 7) is 3.41. The van der Waals surface area contributed by atoms with Crippen molar-refractivity contribution in [1.29, 1.82) is 0 Å². The molecule has 5 atom stereocenters. The van der Waals surface area contributed by atoms with Crippen molar-refractivity contribution in [3.63, 3.8) is 0 Å². The van der Waals surface area contributed by atoms with Gasteiger partial charge in [-0.25, -0.2) is 4.79 Å². The van der Waals surface area contributed by atoms with E-state index in [0.29, 0.717) is 6.42 Å². The highest BCUT2D eigenvalue weighted by Gasteiger charge is 2.33. The van der Waals surface area contributed by atoms with E-state index in [2.05, 4.69) is 16.0 Å². The quantitative estimate of drug-likeness (QED) is 0.133. The van der Waals surface area contributed by atoms with E-state index in [1.54, 1.807) is 38.1 Å². The van der Waals surface area contributed by atoms with E-state index in [1.165, 1.54) is 0 Å². The zero-order valence-electron chi connectivity index (χ0n) is 21.5. The van der Waals surface area contributed by atoms with Gasteiger partial charge in [0.1, 0.15) is 18.1 Å².